The Morgan fingerprint density at radius 3 is 2.13 bits per heavy atom. The van der Waals surface area contributed by atoms with Crippen LogP contribution >= 0.6 is 11.8 Å². The zero-order valence-electron chi connectivity index (χ0n) is 21.1. The minimum Gasteiger partial charge on any atom is -0.493 e. The van der Waals surface area contributed by atoms with Crippen molar-refractivity contribution in [1.29, 1.82) is 0 Å². The van der Waals surface area contributed by atoms with E-state index in [1.54, 1.807) is 36.4 Å². The Balaban J connectivity index is 1.62. The van der Waals surface area contributed by atoms with Crippen LogP contribution in [-0.4, -0.2) is 55.2 Å². The molecule has 0 saturated carbocycles. The summed E-state index contributed by atoms with van der Waals surface area (Å²) in [5, 5.41) is -0.181. The summed E-state index contributed by atoms with van der Waals surface area (Å²) in [6.45, 7) is 0. The van der Waals surface area contributed by atoms with E-state index in [4.69, 9.17) is 14.2 Å². The van der Waals surface area contributed by atoms with Gasteiger partial charge >= 0.3 is 5.97 Å². The first-order valence-corrected chi connectivity index (χ1v) is 12.7. The third-order valence-electron chi connectivity index (χ3n) is 7.10. The Kier molecular flexibility index (Phi) is 6.71. The first-order chi connectivity index (χ1) is 18.3. The van der Waals surface area contributed by atoms with Gasteiger partial charge in [0.1, 0.15) is 6.04 Å². The number of hydrogen-bond donors (Lipinski definition) is 0. The van der Waals surface area contributed by atoms with Crippen LogP contribution in [0, 0.1) is 0 Å². The maximum absolute atomic E-state index is 13.8. The van der Waals surface area contributed by atoms with E-state index in [9.17, 15) is 19.2 Å². The Bertz CT molecular complexity index is 1430. The molecule has 2 heterocycles. The molecule has 194 valence electrons. The van der Waals surface area contributed by atoms with Gasteiger partial charge in [0, 0.05) is 4.90 Å². The number of amides is 2. The van der Waals surface area contributed by atoms with Crippen LogP contribution in [0.3, 0.4) is 0 Å². The van der Waals surface area contributed by atoms with E-state index in [1.165, 1.54) is 21.3 Å². The summed E-state index contributed by atoms with van der Waals surface area (Å²) >= 11 is 1.09. The number of thioether (sulfide) groups is 1. The molecule has 2 aliphatic rings. The van der Waals surface area contributed by atoms with Gasteiger partial charge in [0.25, 0.3) is 11.8 Å². The number of benzene rings is 3. The molecule has 0 fully saturated rings. The van der Waals surface area contributed by atoms with E-state index >= 15 is 0 Å². The van der Waals surface area contributed by atoms with Crippen LogP contribution in [0.2, 0.25) is 0 Å². The molecule has 8 nitrogen and oxygen atoms in total. The molecule has 3 aromatic carbocycles. The van der Waals surface area contributed by atoms with Crippen LogP contribution in [-0.2, 0) is 26.2 Å². The molecule has 0 aromatic heterocycles. The first kappa shape index (κ1) is 25.5. The van der Waals surface area contributed by atoms with Crippen molar-refractivity contribution < 1.29 is 33.4 Å². The van der Waals surface area contributed by atoms with E-state index in [-0.39, 0.29) is 29.1 Å². The standard InChI is InChI=1S/C29H25NO7S/c1-35-22-13-12-17(14-23(22)36-2)15-29(20-10-6-7-11-24(20)38-28(29)34)16-21(27(33)37-3)30-25(31)18-8-4-5-9-19(18)26(30)32/h4-14,21H,15-16H2,1-3H3/t21-,29-/m0/s1. The number of esters is 1. The smallest absolute Gasteiger partial charge is 0.329 e. The molecule has 2 atom stereocenters. The number of methoxy groups -OCH3 is 3. The second-order valence-electron chi connectivity index (χ2n) is 9.10. The van der Waals surface area contributed by atoms with E-state index in [0.717, 1.165) is 32.7 Å². The van der Waals surface area contributed by atoms with Crippen molar-refractivity contribution in [3.8, 4) is 11.5 Å². The van der Waals surface area contributed by atoms with Gasteiger partial charge in [-0.25, -0.2) is 4.79 Å². The number of ether oxygens (including phenoxy) is 3. The minimum absolute atomic E-state index is 0.137. The SMILES string of the molecule is COC(=O)[C@H](C[C@]1(Cc2ccc(OC)c(OC)c2)C(=O)Sc2ccccc21)N1C(=O)c2ccccc2C1=O. The van der Waals surface area contributed by atoms with Gasteiger partial charge in [-0.3, -0.25) is 19.3 Å². The third-order valence-corrected chi connectivity index (χ3v) is 8.25. The fourth-order valence-corrected chi connectivity index (χ4v) is 6.45. The number of imide groups is 1. The normalized spacial score (nSPS) is 18.7. The summed E-state index contributed by atoms with van der Waals surface area (Å²) in [7, 11) is 4.27. The van der Waals surface area contributed by atoms with Crippen LogP contribution in [0.15, 0.2) is 71.6 Å². The number of rotatable bonds is 8. The van der Waals surface area contributed by atoms with Crippen molar-refractivity contribution >= 4 is 34.7 Å². The second kappa shape index (κ2) is 9.98. The molecule has 0 unspecified atom stereocenters. The minimum atomic E-state index is -1.32. The fraction of sp³-hybridized carbons (Fsp3) is 0.241. The largest absolute Gasteiger partial charge is 0.493 e. The zero-order chi connectivity index (χ0) is 27.0. The molecular formula is C29H25NO7S. The van der Waals surface area contributed by atoms with E-state index in [0.29, 0.717) is 11.5 Å². The number of carbonyl (C=O) groups is 4. The molecule has 0 aliphatic carbocycles. The van der Waals surface area contributed by atoms with Gasteiger partial charge in [0.15, 0.2) is 11.5 Å². The fourth-order valence-electron chi connectivity index (χ4n) is 5.27. The molecule has 2 amide bonds. The summed E-state index contributed by atoms with van der Waals surface area (Å²) in [6.07, 6.45) is 0.0647. The number of fused-ring (bicyclic) bond motifs is 2. The summed E-state index contributed by atoms with van der Waals surface area (Å²) in [6, 6.07) is 17.8. The molecule has 0 bridgehead atoms. The lowest BCUT2D eigenvalue weighted by atomic mass is 9.72. The monoisotopic (exact) mass is 531 g/mol. The molecule has 5 rings (SSSR count). The van der Waals surface area contributed by atoms with Gasteiger partial charge in [-0.15, -0.1) is 0 Å². The highest BCUT2D eigenvalue weighted by Gasteiger charge is 2.53. The number of hydrogen-bond acceptors (Lipinski definition) is 8. The maximum Gasteiger partial charge on any atom is 0.329 e. The quantitative estimate of drug-likeness (QED) is 0.317. The van der Waals surface area contributed by atoms with Gasteiger partial charge < -0.3 is 14.2 Å². The van der Waals surface area contributed by atoms with E-state index < -0.39 is 29.2 Å². The third kappa shape index (κ3) is 4.03. The molecular weight excluding hydrogens is 506 g/mol. The molecule has 0 N–H and O–H groups in total. The Morgan fingerprint density at radius 2 is 1.50 bits per heavy atom. The first-order valence-electron chi connectivity index (χ1n) is 11.9. The topological polar surface area (TPSA) is 99.2 Å². The average molecular weight is 532 g/mol. The van der Waals surface area contributed by atoms with E-state index in [1.807, 2.05) is 30.3 Å². The number of carbonyl (C=O) groups excluding carboxylic acids is 4. The predicted molar refractivity (Wildman–Crippen MR) is 140 cm³/mol. The van der Waals surface area contributed by atoms with Gasteiger partial charge in [0.05, 0.1) is 37.9 Å². The molecule has 3 aromatic rings. The van der Waals surface area contributed by atoms with Crippen LogP contribution in [0.4, 0.5) is 0 Å². The predicted octanol–water partition coefficient (Wildman–Crippen LogP) is 4.04. The van der Waals surface area contributed by atoms with Gasteiger partial charge in [-0.05, 0) is 54.3 Å². The molecule has 0 radical (unpaired) electrons. The summed E-state index contributed by atoms with van der Waals surface area (Å²) < 4.78 is 15.9. The maximum atomic E-state index is 13.8. The second-order valence-corrected chi connectivity index (χ2v) is 10.1. The molecule has 0 saturated heterocycles. The molecule has 9 heteroatoms. The highest BCUT2D eigenvalue weighted by Crippen LogP contribution is 2.51. The summed E-state index contributed by atoms with van der Waals surface area (Å²) in [5.41, 5.74) is 0.699. The van der Waals surface area contributed by atoms with Gasteiger partial charge in [-0.2, -0.15) is 0 Å². The van der Waals surface area contributed by atoms with Crippen LogP contribution in [0.1, 0.15) is 38.3 Å². The molecule has 2 aliphatic heterocycles. The van der Waals surface area contributed by atoms with Crippen molar-refractivity contribution in [2.45, 2.75) is 29.2 Å². The van der Waals surface area contributed by atoms with Crippen molar-refractivity contribution in [2.75, 3.05) is 21.3 Å². The molecule has 0 spiro atoms. The lowest BCUT2D eigenvalue weighted by molar-refractivity contribution is -0.146. The van der Waals surface area contributed by atoms with Crippen LogP contribution in [0.25, 0.3) is 0 Å². The number of nitrogens with zero attached hydrogens (tertiary/aromatic N) is 1. The van der Waals surface area contributed by atoms with Gasteiger partial charge in [0.2, 0.25) is 5.12 Å². The van der Waals surface area contributed by atoms with Crippen molar-refractivity contribution in [3.05, 3.63) is 89.0 Å². The van der Waals surface area contributed by atoms with Crippen molar-refractivity contribution in [1.82, 2.24) is 4.90 Å². The lowest BCUT2D eigenvalue weighted by Gasteiger charge is -2.34. The Morgan fingerprint density at radius 1 is 0.868 bits per heavy atom. The highest BCUT2D eigenvalue weighted by atomic mass is 32.2. The van der Waals surface area contributed by atoms with Crippen molar-refractivity contribution in [3.63, 3.8) is 0 Å². The van der Waals surface area contributed by atoms with Gasteiger partial charge in [-0.1, -0.05) is 48.2 Å². The lowest BCUT2D eigenvalue weighted by Crippen LogP contribution is -2.50. The van der Waals surface area contributed by atoms with Crippen LogP contribution < -0.4 is 9.47 Å². The van der Waals surface area contributed by atoms with E-state index in [2.05, 4.69) is 0 Å². The highest BCUT2D eigenvalue weighted by molar-refractivity contribution is 8.14. The average Bonchev–Trinajstić information content (AvgIpc) is 3.36. The Labute approximate surface area is 223 Å². The molecule has 38 heavy (non-hydrogen) atoms. The summed E-state index contributed by atoms with van der Waals surface area (Å²) in [4.78, 5) is 55.5. The summed E-state index contributed by atoms with van der Waals surface area (Å²) in [5.74, 6) is -0.914. The van der Waals surface area contributed by atoms with Crippen molar-refractivity contribution in [2.24, 2.45) is 0 Å². The Hall–Kier alpha value is -4.11. The van der Waals surface area contributed by atoms with Crippen LogP contribution in [0.5, 0.6) is 11.5 Å². The zero-order valence-corrected chi connectivity index (χ0v) is 21.9.